The number of amides is 1. The number of nitrogens with one attached hydrogen (secondary N) is 1. The van der Waals surface area contributed by atoms with Gasteiger partial charge in [0.2, 0.25) is 0 Å². The summed E-state index contributed by atoms with van der Waals surface area (Å²) in [5.74, 6) is -0.532. The highest BCUT2D eigenvalue weighted by molar-refractivity contribution is 6.02. The van der Waals surface area contributed by atoms with E-state index in [2.05, 4.69) is 34.5 Å². The molecular formula is C27H29F3N2O2. The molecule has 1 unspecified atom stereocenters. The van der Waals surface area contributed by atoms with Gasteiger partial charge >= 0.3 is 6.18 Å². The number of piperidine rings is 1. The molecule has 1 aliphatic heterocycles. The van der Waals surface area contributed by atoms with E-state index in [1.54, 1.807) is 0 Å². The Labute approximate surface area is 197 Å². The summed E-state index contributed by atoms with van der Waals surface area (Å²) in [6.07, 6.45) is 1.84. The molecule has 1 atom stereocenters. The maximum Gasteiger partial charge on any atom is 0.417 e. The largest absolute Gasteiger partial charge is 0.417 e. The third-order valence-corrected chi connectivity index (χ3v) is 6.94. The smallest absolute Gasteiger partial charge is 0.345 e. The van der Waals surface area contributed by atoms with Crippen molar-refractivity contribution in [2.45, 2.75) is 50.2 Å². The Morgan fingerprint density at radius 2 is 1.62 bits per heavy atom. The van der Waals surface area contributed by atoms with Crippen molar-refractivity contribution < 1.29 is 22.8 Å². The van der Waals surface area contributed by atoms with Crippen molar-refractivity contribution in [1.29, 1.82) is 0 Å². The van der Waals surface area contributed by atoms with Crippen LogP contribution in [0.1, 0.15) is 59.5 Å². The summed E-state index contributed by atoms with van der Waals surface area (Å²) >= 11 is 0. The summed E-state index contributed by atoms with van der Waals surface area (Å²) < 4.78 is 39.4. The second-order valence-electron chi connectivity index (χ2n) is 9.03. The number of ketones is 1. The monoisotopic (exact) mass is 470 g/mol. The first kappa shape index (κ1) is 24.2. The van der Waals surface area contributed by atoms with Crippen LogP contribution in [0.4, 0.5) is 13.2 Å². The van der Waals surface area contributed by atoms with E-state index in [0.717, 1.165) is 50.9 Å². The quantitative estimate of drug-likeness (QED) is 0.618. The second-order valence-corrected chi connectivity index (χ2v) is 9.03. The van der Waals surface area contributed by atoms with Gasteiger partial charge in [0, 0.05) is 6.04 Å². The van der Waals surface area contributed by atoms with Crippen LogP contribution in [0.15, 0.2) is 66.2 Å². The van der Waals surface area contributed by atoms with Gasteiger partial charge in [-0.3, -0.25) is 9.59 Å². The molecule has 2 aromatic rings. The van der Waals surface area contributed by atoms with Crippen LogP contribution in [-0.4, -0.2) is 42.3 Å². The Bertz CT molecular complexity index is 1040. The summed E-state index contributed by atoms with van der Waals surface area (Å²) in [6.45, 7) is 1.77. The Kier molecular flexibility index (Phi) is 7.51. The normalized spacial score (nSPS) is 20.0. The lowest BCUT2D eigenvalue weighted by Crippen LogP contribution is -2.42. The molecule has 1 aliphatic carbocycles. The van der Waals surface area contributed by atoms with Gasteiger partial charge in [-0.15, -0.1) is 0 Å². The van der Waals surface area contributed by atoms with Gasteiger partial charge in [-0.05, 0) is 74.4 Å². The molecule has 4 rings (SSSR count). The highest BCUT2D eigenvalue weighted by Crippen LogP contribution is 2.33. The first-order valence-corrected chi connectivity index (χ1v) is 11.8. The summed E-state index contributed by atoms with van der Waals surface area (Å²) in [4.78, 5) is 27.4. The molecule has 0 aromatic heterocycles. The molecule has 1 heterocycles. The number of Topliss-reactive ketones (excluding diaryl/α,β-unsaturated/α-hetero) is 1. The van der Waals surface area contributed by atoms with Crippen LogP contribution in [0.5, 0.6) is 0 Å². The molecule has 1 amide bonds. The minimum Gasteiger partial charge on any atom is -0.345 e. The number of carbonyl (C=O) groups excluding carboxylic acids is 2. The number of rotatable bonds is 6. The van der Waals surface area contributed by atoms with Gasteiger partial charge in [0.25, 0.3) is 5.91 Å². The summed E-state index contributed by atoms with van der Waals surface area (Å²) in [6, 6.07) is 15.6. The summed E-state index contributed by atoms with van der Waals surface area (Å²) in [7, 11) is 0. The molecule has 4 nitrogen and oxygen atoms in total. The summed E-state index contributed by atoms with van der Waals surface area (Å²) in [5.41, 5.74) is 0.577. The van der Waals surface area contributed by atoms with Gasteiger partial charge in [-0.25, -0.2) is 0 Å². The number of hydrogen-bond acceptors (Lipinski definition) is 3. The number of likely N-dealkylation sites (tertiary alicyclic amines) is 1. The third-order valence-electron chi connectivity index (χ3n) is 6.94. The highest BCUT2D eigenvalue weighted by Gasteiger charge is 2.35. The van der Waals surface area contributed by atoms with Crippen LogP contribution >= 0.6 is 0 Å². The fourth-order valence-corrected chi connectivity index (χ4v) is 5.03. The number of hydrogen-bond donors (Lipinski definition) is 1. The molecule has 2 aliphatic rings. The standard InChI is InChI=1S/C27H29F3N2O2/c28-27(29,30)24-9-5-4-8-23(24)26(34)31-18-25(33)21-10-12-22(13-11-21)32-16-14-20(15-17-32)19-6-2-1-3-7-19/h1-10,20,22H,11-18H2,(H,31,34). The van der Waals surface area contributed by atoms with E-state index in [1.165, 1.54) is 17.7 Å². The molecule has 7 heteroatoms. The molecule has 1 fully saturated rings. The van der Waals surface area contributed by atoms with Crippen molar-refractivity contribution in [2.75, 3.05) is 19.6 Å². The molecule has 34 heavy (non-hydrogen) atoms. The Hall–Kier alpha value is -2.93. The van der Waals surface area contributed by atoms with Gasteiger partial charge in [0.05, 0.1) is 17.7 Å². The van der Waals surface area contributed by atoms with E-state index in [-0.39, 0.29) is 12.3 Å². The van der Waals surface area contributed by atoms with Crippen LogP contribution in [0.2, 0.25) is 0 Å². The van der Waals surface area contributed by atoms with E-state index >= 15 is 0 Å². The number of nitrogens with zero attached hydrogens (tertiary/aromatic N) is 1. The van der Waals surface area contributed by atoms with Crippen molar-refractivity contribution in [3.8, 4) is 0 Å². The van der Waals surface area contributed by atoms with Gasteiger partial charge in [0.1, 0.15) is 0 Å². The lowest BCUT2D eigenvalue weighted by Gasteiger charge is -2.39. The number of halogens is 3. The maximum atomic E-state index is 13.1. The van der Waals surface area contributed by atoms with Crippen molar-refractivity contribution in [1.82, 2.24) is 10.2 Å². The van der Waals surface area contributed by atoms with Crippen molar-refractivity contribution in [2.24, 2.45) is 0 Å². The average Bonchev–Trinajstić information content (AvgIpc) is 2.87. The summed E-state index contributed by atoms with van der Waals surface area (Å²) in [5, 5.41) is 2.36. The number of carbonyl (C=O) groups is 2. The van der Waals surface area contributed by atoms with Crippen molar-refractivity contribution in [3.63, 3.8) is 0 Å². The zero-order chi connectivity index (χ0) is 24.1. The van der Waals surface area contributed by atoms with Gasteiger partial charge < -0.3 is 10.2 Å². The lowest BCUT2D eigenvalue weighted by atomic mass is 9.86. The Morgan fingerprint density at radius 1 is 0.941 bits per heavy atom. The molecule has 0 bridgehead atoms. The van der Waals surface area contributed by atoms with Crippen molar-refractivity contribution in [3.05, 3.63) is 82.9 Å². The first-order valence-electron chi connectivity index (χ1n) is 11.8. The molecule has 2 aromatic carbocycles. The predicted molar refractivity (Wildman–Crippen MR) is 124 cm³/mol. The number of alkyl halides is 3. The van der Waals surface area contributed by atoms with E-state index in [0.29, 0.717) is 24.0 Å². The fraction of sp³-hybridized carbons (Fsp3) is 0.407. The molecular weight excluding hydrogens is 441 g/mol. The van der Waals surface area contributed by atoms with Crippen LogP contribution in [0.3, 0.4) is 0 Å². The minimum atomic E-state index is -4.63. The van der Waals surface area contributed by atoms with E-state index in [9.17, 15) is 22.8 Å². The van der Waals surface area contributed by atoms with E-state index < -0.39 is 23.2 Å². The van der Waals surface area contributed by atoms with Crippen LogP contribution in [-0.2, 0) is 11.0 Å². The zero-order valence-corrected chi connectivity index (χ0v) is 19.0. The van der Waals surface area contributed by atoms with Crippen LogP contribution in [0, 0.1) is 0 Å². The molecule has 1 N–H and O–H groups in total. The SMILES string of the molecule is O=C(CNC(=O)c1ccccc1C(F)(F)F)C1=CCC(N2CCC(c3ccccc3)CC2)CC1. The van der Waals surface area contributed by atoms with Crippen LogP contribution < -0.4 is 5.32 Å². The van der Waals surface area contributed by atoms with E-state index in [1.807, 2.05) is 12.1 Å². The lowest BCUT2D eigenvalue weighted by molar-refractivity contribution is -0.137. The Balaban J connectivity index is 1.26. The first-order chi connectivity index (χ1) is 16.3. The zero-order valence-electron chi connectivity index (χ0n) is 19.0. The van der Waals surface area contributed by atoms with Crippen LogP contribution in [0.25, 0.3) is 0 Å². The maximum absolute atomic E-state index is 13.1. The van der Waals surface area contributed by atoms with Gasteiger partial charge in [-0.2, -0.15) is 13.2 Å². The van der Waals surface area contributed by atoms with E-state index in [4.69, 9.17) is 0 Å². The fourth-order valence-electron chi connectivity index (χ4n) is 5.03. The highest BCUT2D eigenvalue weighted by atomic mass is 19.4. The van der Waals surface area contributed by atoms with Crippen molar-refractivity contribution >= 4 is 11.7 Å². The Morgan fingerprint density at radius 3 is 2.26 bits per heavy atom. The molecule has 0 radical (unpaired) electrons. The number of benzene rings is 2. The average molecular weight is 471 g/mol. The van der Waals surface area contributed by atoms with Gasteiger partial charge in [0.15, 0.2) is 5.78 Å². The topological polar surface area (TPSA) is 49.4 Å². The molecule has 1 saturated heterocycles. The predicted octanol–water partition coefficient (Wildman–Crippen LogP) is 5.36. The molecule has 180 valence electrons. The molecule has 0 spiro atoms. The minimum absolute atomic E-state index is 0.237. The van der Waals surface area contributed by atoms with Gasteiger partial charge in [-0.1, -0.05) is 48.5 Å². The second kappa shape index (κ2) is 10.6. The third kappa shape index (κ3) is 5.76. The molecule has 0 saturated carbocycles.